The van der Waals surface area contributed by atoms with Crippen molar-refractivity contribution < 1.29 is 26.9 Å². The highest BCUT2D eigenvalue weighted by atomic mass is 32.2. The van der Waals surface area contributed by atoms with E-state index in [-0.39, 0.29) is 28.7 Å². The van der Waals surface area contributed by atoms with Crippen LogP contribution in [-0.2, 0) is 27.9 Å². The molecule has 10 heteroatoms. The fraction of sp³-hybridized carbons (Fsp3) is 0.371. The van der Waals surface area contributed by atoms with Gasteiger partial charge < -0.3 is 14.2 Å². The van der Waals surface area contributed by atoms with E-state index in [9.17, 15) is 18.0 Å². The Balaban J connectivity index is 1.45. The fourth-order valence-electron chi connectivity index (χ4n) is 6.09. The van der Waals surface area contributed by atoms with Crippen LogP contribution in [0.5, 0.6) is 5.75 Å². The highest BCUT2D eigenvalue weighted by molar-refractivity contribution is 7.87. The Kier molecular flexibility index (Phi) is 7.99. The molecule has 2 aliphatic heterocycles. The van der Waals surface area contributed by atoms with Gasteiger partial charge in [0, 0.05) is 29.6 Å². The molecule has 45 heavy (non-hydrogen) atoms. The van der Waals surface area contributed by atoms with Crippen LogP contribution < -0.4 is 9.50 Å². The van der Waals surface area contributed by atoms with Crippen LogP contribution in [0.3, 0.4) is 0 Å². The van der Waals surface area contributed by atoms with Gasteiger partial charge in [0.2, 0.25) is 0 Å². The van der Waals surface area contributed by atoms with Crippen molar-refractivity contribution in [2.24, 2.45) is 0 Å². The number of amides is 1. The van der Waals surface area contributed by atoms with Gasteiger partial charge in [-0.2, -0.15) is 8.42 Å². The predicted octanol–water partition coefficient (Wildman–Crippen LogP) is 6.71. The first-order valence-electron chi connectivity index (χ1n) is 15.4. The van der Waals surface area contributed by atoms with Gasteiger partial charge >= 0.3 is 16.2 Å². The number of piperidine rings is 1. The van der Waals surface area contributed by atoms with E-state index >= 15 is 0 Å². The van der Waals surface area contributed by atoms with E-state index in [1.54, 1.807) is 45.0 Å². The molecule has 1 amide bonds. The lowest BCUT2D eigenvalue weighted by molar-refractivity contribution is 0.0546. The van der Waals surface area contributed by atoms with E-state index in [1.165, 1.54) is 29.9 Å². The monoisotopic (exact) mass is 629 g/mol. The van der Waals surface area contributed by atoms with Crippen molar-refractivity contribution in [3.05, 3.63) is 82.4 Å². The Morgan fingerprint density at radius 2 is 1.69 bits per heavy atom. The van der Waals surface area contributed by atoms with Crippen LogP contribution in [0.15, 0.2) is 59.5 Å². The van der Waals surface area contributed by atoms with E-state index in [2.05, 4.69) is 16.3 Å². The maximum atomic E-state index is 13.7. The number of likely N-dealkylation sites (tertiary alicyclic amines) is 1. The molecule has 4 aromatic rings. The lowest BCUT2D eigenvalue weighted by Crippen LogP contribution is -2.29. The number of benzene rings is 3. The first kappa shape index (κ1) is 30.9. The summed E-state index contributed by atoms with van der Waals surface area (Å²) in [6.07, 6.45) is 3.08. The Bertz CT molecular complexity index is 1930. The molecule has 0 radical (unpaired) electrons. The Morgan fingerprint density at radius 3 is 2.40 bits per heavy atom. The lowest BCUT2D eigenvalue weighted by atomic mass is 9.99. The van der Waals surface area contributed by atoms with Crippen LogP contribution in [0.25, 0.3) is 22.2 Å². The normalized spacial score (nSPS) is 15.6. The van der Waals surface area contributed by atoms with Gasteiger partial charge in [-0.3, -0.25) is 9.69 Å². The van der Waals surface area contributed by atoms with Crippen molar-refractivity contribution in [1.82, 2.24) is 14.8 Å². The number of aromatic nitrogens is 1. The van der Waals surface area contributed by atoms with Gasteiger partial charge in [0.15, 0.2) is 0 Å². The number of ether oxygens (including phenoxy) is 1. The zero-order valence-corrected chi connectivity index (χ0v) is 27.2. The summed E-state index contributed by atoms with van der Waals surface area (Å²) in [6, 6.07) is 15.9. The van der Waals surface area contributed by atoms with Crippen LogP contribution in [-0.4, -0.2) is 48.6 Å². The largest absolute Gasteiger partial charge is 0.443 e. The maximum Gasteiger partial charge on any atom is 0.419 e. The van der Waals surface area contributed by atoms with Crippen molar-refractivity contribution >= 4 is 33.0 Å². The lowest BCUT2D eigenvalue weighted by Gasteiger charge is -2.26. The minimum Gasteiger partial charge on any atom is -0.443 e. The summed E-state index contributed by atoms with van der Waals surface area (Å²) in [7, 11) is -4.17. The fourth-order valence-corrected chi connectivity index (χ4v) is 7.13. The van der Waals surface area contributed by atoms with Gasteiger partial charge in [-0.1, -0.05) is 18.6 Å². The molecular formula is C35H39N3O6S. The first-order valence-corrected chi connectivity index (χ1v) is 16.8. The standard InChI is InChI=1S/C35H39N3O6S/c1-22-9-11-26(17-23(22)2)45(41,42)44-31-14-12-27(32-28(31)20-36-33(32)39)30-19-25-18-24(21-37-15-7-6-8-16-37)10-13-29(25)38(30)34(40)43-35(3,4)5/h9-14,17-19H,6-8,15-16,20-21H2,1-5H3,(H,36,39). The van der Waals surface area contributed by atoms with Gasteiger partial charge in [0.1, 0.15) is 16.2 Å². The summed E-state index contributed by atoms with van der Waals surface area (Å²) < 4.78 is 39.5. The van der Waals surface area contributed by atoms with Crippen LogP contribution >= 0.6 is 0 Å². The van der Waals surface area contributed by atoms with Crippen LogP contribution in [0.4, 0.5) is 4.79 Å². The molecule has 0 aliphatic carbocycles. The Morgan fingerprint density at radius 1 is 0.933 bits per heavy atom. The highest BCUT2D eigenvalue weighted by Gasteiger charge is 2.32. The molecule has 0 saturated carbocycles. The zero-order valence-electron chi connectivity index (χ0n) is 26.4. The molecule has 1 aromatic heterocycles. The van der Waals surface area contributed by atoms with Crippen molar-refractivity contribution in [3.63, 3.8) is 0 Å². The molecule has 236 valence electrons. The number of carbonyl (C=O) groups is 2. The van der Waals surface area contributed by atoms with Gasteiger partial charge in [0.05, 0.1) is 16.8 Å². The number of carbonyl (C=O) groups excluding carboxylic acids is 2. The number of fused-ring (bicyclic) bond motifs is 2. The highest BCUT2D eigenvalue weighted by Crippen LogP contribution is 2.39. The Labute approximate surface area is 264 Å². The third kappa shape index (κ3) is 6.21. The average Bonchev–Trinajstić information content (AvgIpc) is 3.55. The van der Waals surface area contributed by atoms with Crippen molar-refractivity contribution in [3.8, 4) is 17.0 Å². The number of nitrogens with one attached hydrogen (secondary N) is 1. The summed E-state index contributed by atoms with van der Waals surface area (Å²) in [4.78, 5) is 29.5. The average molecular weight is 630 g/mol. The zero-order chi connectivity index (χ0) is 32.1. The number of hydrogen-bond acceptors (Lipinski definition) is 7. The van der Waals surface area contributed by atoms with Gasteiger partial charge in [-0.15, -0.1) is 0 Å². The second-order valence-corrected chi connectivity index (χ2v) is 14.6. The number of hydrogen-bond donors (Lipinski definition) is 1. The molecule has 9 nitrogen and oxygen atoms in total. The minimum atomic E-state index is -4.17. The van der Waals surface area contributed by atoms with E-state index in [1.807, 2.05) is 32.0 Å². The molecule has 2 aliphatic rings. The van der Waals surface area contributed by atoms with Crippen LogP contribution in [0.2, 0.25) is 0 Å². The van der Waals surface area contributed by atoms with E-state index < -0.39 is 21.8 Å². The predicted molar refractivity (Wildman–Crippen MR) is 173 cm³/mol. The van der Waals surface area contributed by atoms with Gasteiger partial charge in [0.25, 0.3) is 5.91 Å². The minimum absolute atomic E-state index is 0.0334. The second kappa shape index (κ2) is 11.7. The summed E-state index contributed by atoms with van der Waals surface area (Å²) in [5, 5.41) is 3.65. The van der Waals surface area contributed by atoms with Crippen molar-refractivity contribution in [2.75, 3.05) is 13.1 Å². The SMILES string of the molecule is Cc1ccc(S(=O)(=O)Oc2ccc(-c3cc4cc(CN5CCCCC5)ccc4n3C(=O)OC(C)(C)C)c3c2CNC3=O)cc1C. The molecule has 0 spiro atoms. The number of aryl methyl sites for hydroxylation is 2. The molecule has 0 unspecified atom stereocenters. The topological polar surface area (TPSA) is 107 Å². The van der Waals surface area contributed by atoms with E-state index in [0.717, 1.165) is 41.7 Å². The quantitative estimate of drug-likeness (QED) is 0.237. The third-order valence-corrected chi connectivity index (χ3v) is 9.69. The van der Waals surface area contributed by atoms with E-state index in [0.29, 0.717) is 22.3 Å². The molecular weight excluding hydrogens is 590 g/mol. The molecule has 6 rings (SSSR count). The molecule has 1 N–H and O–H groups in total. The van der Waals surface area contributed by atoms with Crippen molar-refractivity contribution in [1.29, 1.82) is 0 Å². The van der Waals surface area contributed by atoms with Crippen LogP contribution in [0.1, 0.15) is 72.6 Å². The molecule has 0 atom stereocenters. The number of nitrogens with zero attached hydrogens (tertiary/aromatic N) is 2. The van der Waals surface area contributed by atoms with E-state index in [4.69, 9.17) is 8.92 Å². The van der Waals surface area contributed by atoms with Crippen molar-refractivity contribution in [2.45, 2.75) is 77.5 Å². The summed E-state index contributed by atoms with van der Waals surface area (Å²) >= 11 is 0. The molecule has 1 saturated heterocycles. The smallest absolute Gasteiger partial charge is 0.419 e. The summed E-state index contributed by atoms with van der Waals surface area (Å²) in [6.45, 7) is 12.2. The van der Waals surface area contributed by atoms with Crippen LogP contribution in [0, 0.1) is 13.8 Å². The van der Waals surface area contributed by atoms with Gasteiger partial charge in [-0.25, -0.2) is 9.36 Å². The molecule has 3 aromatic carbocycles. The molecule has 1 fully saturated rings. The maximum absolute atomic E-state index is 13.7. The Hall–Kier alpha value is -4.15. The molecule has 3 heterocycles. The second-order valence-electron chi connectivity index (χ2n) is 13.0. The summed E-state index contributed by atoms with van der Waals surface area (Å²) in [5.41, 5.74) is 4.48. The summed E-state index contributed by atoms with van der Waals surface area (Å²) in [5.74, 6) is -0.310. The third-order valence-electron chi connectivity index (χ3n) is 8.46. The first-order chi connectivity index (χ1) is 21.3. The molecule has 0 bridgehead atoms. The van der Waals surface area contributed by atoms with Gasteiger partial charge in [-0.05, 0) is 120 Å². The number of rotatable bonds is 6.